The van der Waals surface area contributed by atoms with E-state index in [4.69, 9.17) is 0 Å². The fourth-order valence-electron chi connectivity index (χ4n) is 2.47. The van der Waals surface area contributed by atoms with E-state index in [0.29, 0.717) is 11.3 Å². The minimum absolute atomic E-state index is 0.0450. The molecule has 2 amide bonds. The Morgan fingerprint density at radius 2 is 1.68 bits per heavy atom. The van der Waals surface area contributed by atoms with Gasteiger partial charge in [-0.3, -0.25) is 9.59 Å². The molecular weight excluding hydrogens is 393 g/mol. The number of hydrogen-bond acceptors (Lipinski definition) is 3. The average Bonchev–Trinajstić information content (AvgIpc) is 2.71. The normalized spacial score (nSPS) is 14.9. The summed E-state index contributed by atoms with van der Waals surface area (Å²) in [4.78, 5) is 26.0. The van der Waals surface area contributed by atoms with E-state index in [1.165, 1.54) is 0 Å². The highest BCUT2D eigenvalue weighted by molar-refractivity contribution is 14.1. The zero-order valence-electron chi connectivity index (χ0n) is 11.7. The van der Waals surface area contributed by atoms with Gasteiger partial charge in [0.2, 0.25) is 0 Å². The van der Waals surface area contributed by atoms with Crippen molar-refractivity contribution in [3.8, 4) is 0 Å². The Balaban J connectivity index is 2.08. The van der Waals surface area contributed by atoms with E-state index in [1.54, 1.807) is 30.3 Å². The Bertz CT molecular complexity index is 812. The lowest BCUT2D eigenvalue weighted by Crippen LogP contribution is -2.32. The van der Waals surface area contributed by atoms with Crippen molar-refractivity contribution in [1.29, 1.82) is 0 Å². The molecule has 1 aliphatic rings. The second-order valence-corrected chi connectivity index (χ2v) is 6.21. The van der Waals surface area contributed by atoms with Gasteiger partial charge in [0.15, 0.2) is 5.76 Å². The van der Waals surface area contributed by atoms with E-state index in [2.05, 4.69) is 22.6 Å². The summed E-state index contributed by atoms with van der Waals surface area (Å²) < 4.78 is 1.01. The SMILES string of the molecule is Cc1cc(I)ccc1N1C(=O)C(O)=C(c2ccccc2)C1=O. The van der Waals surface area contributed by atoms with Crippen molar-refractivity contribution in [2.75, 3.05) is 4.90 Å². The van der Waals surface area contributed by atoms with Gasteiger partial charge in [-0.15, -0.1) is 0 Å². The zero-order chi connectivity index (χ0) is 15.9. The minimum atomic E-state index is -0.687. The molecule has 0 aliphatic carbocycles. The Morgan fingerprint density at radius 3 is 2.32 bits per heavy atom. The van der Waals surface area contributed by atoms with Crippen molar-refractivity contribution < 1.29 is 14.7 Å². The molecule has 0 spiro atoms. The van der Waals surface area contributed by atoms with Gasteiger partial charge in [0.25, 0.3) is 5.91 Å². The van der Waals surface area contributed by atoms with Crippen LogP contribution in [0, 0.1) is 10.5 Å². The molecule has 4 nitrogen and oxygen atoms in total. The highest BCUT2D eigenvalue weighted by atomic mass is 127. The third-order valence-corrected chi connectivity index (χ3v) is 4.19. The first kappa shape index (κ1) is 14.8. The maximum absolute atomic E-state index is 12.6. The molecule has 0 saturated heterocycles. The van der Waals surface area contributed by atoms with Crippen LogP contribution in [0.3, 0.4) is 0 Å². The van der Waals surface area contributed by atoms with E-state index >= 15 is 0 Å². The first-order chi connectivity index (χ1) is 10.5. The molecule has 0 fully saturated rings. The van der Waals surface area contributed by atoms with Gasteiger partial charge in [0.05, 0.1) is 11.3 Å². The highest BCUT2D eigenvalue weighted by Crippen LogP contribution is 2.33. The maximum Gasteiger partial charge on any atom is 0.301 e. The smallest absolute Gasteiger partial charge is 0.301 e. The Labute approximate surface area is 141 Å². The van der Waals surface area contributed by atoms with Crippen LogP contribution in [0.15, 0.2) is 54.3 Å². The lowest BCUT2D eigenvalue weighted by molar-refractivity contribution is -0.121. The Morgan fingerprint density at radius 1 is 1.00 bits per heavy atom. The quantitative estimate of drug-likeness (QED) is 0.615. The molecule has 0 saturated carbocycles. The van der Waals surface area contributed by atoms with Crippen molar-refractivity contribution in [3.63, 3.8) is 0 Å². The van der Waals surface area contributed by atoms with Gasteiger partial charge in [-0.25, -0.2) is 4.90 Å². The zero-order valence-corrected chi connectivity index (χ0v) is 13.9. The van der Waals surface area contributed by atoms with E-state index in [9.17, 15) is 14.7 Å². The molecule has 1 aliphatic heterocycles. The third-order valence-electron chi connectivity index (χ3n) is 3.52. The van der Waals surface area contributed by atoms with Crippen LogP contribution in [-0.2, 0) is 9.59 Å². The monoisotopic (exact) mass is 405 g/mol. The van der Waals surface area contributed by atoms with Gasteiger partial charge in [0, 0.05) is 3.57 Å². The van der Waals surface area contributed by atoms with Gasteiger partial charge >= 0.3 is 5.91 Å². The first-order valence-electron chi connectivity index (χ1n) is 6.64. The van der Waals surface area contributed by atoms with Crippen molar-refractivity contribution in [1.82, 2.24) is 0 Å². The molecule has 0 aromatic heterocycles. The molecule has 1 N–H and O–H groups in total. The fourth-order valence-corrected chi connectivity index (χ4v) is 3.12. The number of aliphatic hydroxyl groups excluding tert-OH is 1. The number of halogens is 1. The van der Waals surface area contributed by atoms with Gasteiger partial charge in [0.1, 0.15) is 0 Å². The number of benzene rings is 2. The summed E-state index contributed by atoms with van der Waals surface area (Å²) in [6.07, 6.45) is 0. The molecule has 110 valence electrons. The molecule has 0 radical (unpaired) electrons. The average molecular weight is 405 g/mol. The summed E-state index contributed by atoms with van der Waals surface area (Å²) >= 11 is 2.17. The summed E-state index contributed by atoms with van der Waals surface area (Å²) in [5.41, 5.74) is 1.87. The molecule has 1 heterocycles. The van der Waals surface area contributed by atoms with Crippen LogP contribution in [-0.4, -0.2) is 16.9 Å². The molecule has 2 aromatic rings. The number of nitrogens with zero attached hydrogens (tertiary/aromatic N) is 1. The van der Waals surface area contributed by atoms with Gasteiger partial charge in [-0.05, 0) is 58.8 Å². The number of aliphatic hydroxyl groups is 1. The predicted molar refractivity (Wildman–Crippen MR) is 92.4 cm³/mol. The fraction of sp³-hybridized carbons (Fsp3) is 0.0588. The van der Waals surface area contributed by atoms with Crippen molar-refractivity contribution in [2.45, 2.75) is 6.92 Å². The van der Waals surface area contributed by atoms with E-state index in [0.717, 1.165) is 14.0 Å². The van der Waals surface area contributed by atoms with Gasteiger partial charge < -0.3 is 5.11 Å². The van der Waals surface area contributed by atoms with Crippen LogP contribution in [0.4, 0.5) is 5.69 Å². The van der Waals surface area contributed by atoms with Crippen LogP contribution in [0.5, 0.6) is 0 Å². The van der Waals surface area contributed by atoms with Crippen LogP contribution in [0.2, 0.25) is 0 Å². The number of hydrogen-bond donors (Lipinski definition) is 1. The van der Waals surface area contributed by atoms with E-state index < -0.39 is 17.6 Å². The summed E-state index contributed by atoms with van der Waals surface area (Å²) in [5.74, 6) is -1.69. The van der Waals surface area contributed by atoms with Crippen LogP contribution < -0.4 is 4.90 Å². The second kappa shape index (κ2) is 5.57. The lowest BCUT2D eigenvalue weighted by Gasteiger charge is -2.17. The third kappa shape index (κ3) is 2.31. The first-order valence-corrected chi connectivity index (χ1v) is 7.72. The topological polar surface area (TPSA) is 57.6 Å². The molecule has 2 aromatic carbocycles. The molecular formula is C17H12INO3. The predicted octanol–water partition coefficient (Wildman–Crippen LogP) is 3.44. The molecule has 0 bridgehead atoms. The van der Waals surface area contributed by atoms with Crippen LogP contribution in [0.25, 0.3) is 5.57 Å². The summed E-state index contributed by atoms with van der Waals surface area (Å²) in [5, 5.41) is 10.1. The van der Waals surface area contributed by atoms with Crippen molar-refractivity contribution in [2.24, 2.45) is 0 Å². The maximum atomic E-state index is 12.6. The summed E-state index contributed by atoms with van der Waals surface area (Å²) in [6, 6.07) is 14.1. The largest absolute Gasteiger partial charge is 0.502 e. The number of carbonyl (C=O) groups is 2. The Hall–Kier alpha value is -2.15. The summed E-state index contributed by atoms with van der Waals surface area (Å²) in [6.45, 7) is 1.83. The standard InChI is InChI=1S/C17H12INO3/c1-10-9-12(18)7-8-13(10)19-16(21)14(15(20)17(19)22)11-5-3-2-4-6-11/h2-9,20H,1H3. The molecule has 5 heteroatoms. The molecule has 22 heavy (non-hydrogen) atoms. The van der Waals surface area contributed by atoms with Gasteiger partial charge in [-0.1, -0.05) is 30.3 Å². The van der Waals surface area contributed by atoms with Crippen LogP contribution >= 0.6 is 22.6 Å². The highest BCUT2D eigenvalue weighted by Gasteiger charge is 2.40. The molecule has 0 atom stereocenters. The number of amides is 2. The minimum Gasteiger partial charge on any atom is -0.502 e. The van der Waals surface area contributed by atoms with E-state index in [1.807, 2.05) is 25.1 Å². The van der Waals surface area contributed by atoms with Crippen LogP contribution in [0.1, 0.15) is 11.1 Å². The number of aryl methyl sites for hydroxylation is 1. The number of anilines is 1. The van der Waals surface area contributed by atoms with E-state index in [-0.39, 0.29) is 5.57 Å². The lowest BCUT2D eigenvalue weighted by atomic mass is 10.1. The Kier molecular flexibility index (Phi) is 3.74. The number of carbonyl (C=O) groups excluding carboxylic acids is 2. The van der Waals surface area contributed by atoms with Crippen molar-refractivity contribution in [3.05, 3.63) is 69.0 Å². The number of rotatable bonds is 2. The number of imide groups is 1. The second-order valence-electron chi connectivity index (χ2n) is 4.97. The molecule has 3 rings (SSSR count). The summed E-state index contributed by atoms with van der Waals surface area (Å²) in [7, 11) is 0. The van der Waals surface area contributed by atoms with Gasteiger partial charge in [-0.2, -0.15) is 0 Å². The van der Waals surface area contributed by atoms with Crippen molar-refractivity contribution >= 4 is 45.7 Å². The molecule has 0 unspecified atom stereocenters.